The van der Waals surface area contributed by atoms with Gasteiger partial charge in [-0.3, -0.25) is 9.59 Å². The van der Waals surface area contributed by atoms with Crippen molar-refractivity contribution in [2.45, 2.75) is 25.8 Å². The first-order chi connectivity index (χ1) is 9.99. The number of carbonyl (C=O) groups is 2. The summed E-state index contributed by atoms with van der Waals surface area (Å²) in [6.07, 6.45) is 4.37. The number of amides is 1. The minimum absolute atomic E-state index is 0.0452. The van der Waals surface area contributed by atoms with Crippen molar-refractivity contribution in [2.24, 2.45) is 5.92 Å². The van der Waals surface area contributed by atoms with Gasteiger partial charge in [0.25, 0.3) is 0 Å². The average molecular weight is 352 g/mol. The van der Waals surface area contributed by atoms with Gasteiger partial charge in [-0.05, 0) is 37.5 Å². The number of nitrogens with zero attached hydrogens (tertiary/aromatic N) is 1. The number of likely N-dealkylation sites (tertiary alicyclic amines) is 1. The van der Waals surface area contributed by atoms with Gasteiger partial charge >= 0.3 is 5.97 Å². The molecule has 2 rings (SSSR count). The Labute approximate surface area is 132 Å². The Kier molecular flexibility index (Phi) is 5.17. The molecule has 1 amide bonds. The third-order valence-electron chi connectivity index (χ3n) is 3.82. The molecule has 5 heteroatoms. The summed E-state index contributed by atoms with van der Waals surface area (Å²) in [6.45, 7) is 2.40. The molecule has 1 N–H and O–H groups in total. The molecule has 1 saturated heterocycles. The zero-order valence-corrected chi connectivity index (χ0v) is 13.4. The van der Waals surface area contributed by atoms with Crippen LogP contribution in [0.4, 0.5) is 0 Å². The topological polar surface area (TPSA) is 57.6 Å². The monoisotopic (exact) mass is 351 g/mol. The number of halogens is 1. The van der Waals surface area contributed by atoms with Crippen LogP contribution in [0.1, 0.15) is 25.3 Å². The summed E-state index contributed by atoms with van der Waals surface area (Å²) < 4.78 is 0.937. The third kappa shape index (κ3) is 3.94. The molecule has 21 heavy (non-hydrogen) atoms. The highest BCUT2D eigenvalue weighted by atomic mass is 79.9. The summed E-state index contributed by atoms with van der Waals surface area (Å²) in [6, 6.07) is 7.63. The van der Waals surface area contributed by atoms with Crippen molar-refractivity contribution in [1.82, 2.24) is 4.90 Å². The standard InChI is InChI=1S/C16H18BrNO3/c1-11-10-13(16(20)21)8-9-18(11)15(19)7-6-12-4-2-3-5-14(12)17/h2-7,11,13H,8-10H2,1H3,(H,20,21)/b7-6+. The minimum Gasteiger partial charge on any atom is -0.481 e. The molecule has 1 aliphatic heterocycles. The van der Waals surface area contributed by atoms with Crippen LogP contribution in [0.2, 0.25) is 0 Å². The van der Waals surface area contributed by atoms with Crippen LogP contribution in [0.25, 0.3) is 6.08 Å². The summed E-state index contributed by atoms with van der Waals surface area (Å²) in [4.78, 5) is 25.0. The lowest BCUT2D eigenvalue weighted by Gasteiger charge is -2.35. The number of carboxylic acid groups (broad SMARTS) is 1. The second kappa shape index (κ2) is 6.89. The van der Waals surface area contributed by atoms with Crippen molar-refractivity contribution >= 4 is 33.9 Å². The summed E-state index contributed by atoms with van der Waals surface area (Å²) in [5.41, 5.74) is 0.943. The average Bonchev–Trinajstić information content (AvgIpc) is 2.46. The summed E-state index contributed by atoms with van der Waals surface area (Å²) in [7, 11) is 0. The lowest BCUT2D eigenvalue weighted by atomic mass is 9.91. The molecule has 4 nitrogen and oxygen atoms in total. The first-order valence-corrected chi connectivity index (χ1v) is 7.74. The van der Waals surface area contributed by atoms with Crippen molar-refractivity contribution in [2.75, 3.05) is 6.54 Å². The van der Waals surface area contributed by atoms with E-state index in [0.29, 0.717) is 19.4 Å². The van der Waals surface area contributed by atoms with Gasteiger partial charge in [0.15, 0.2) is 0 Å². The maximum atomic E-state index is 12.2. The largest absolute Gasteiger partial charge is 0.481 e. The molecule has 1 fully saturated rings. The second-order valence-corrected chi connectivity index (χ2v) is 6.15. The third-order valence-corrected chi connectivity index (χ3v) is 4.54. The SMILES string of the molecule is CC1CC(C(=O)O)CCN1C(=O)/C=C/c1ccccc1Br. The zero-order chi connectivity index (χ0) is 15.4. The van der Waals surface area contributed by atoms with Crippen LogP contribution in [-0.4, -0.2) is 34.5 Å². The maximum Gasteiger partial charge on any atom is 0.306 e. The van der Waals surface area contributed by atoms with Crippen LogP contribution in [-0.2, 0) is 9.59 Å². The van der Waals surface area contributed by atoms with Crippen LogP contribution < -0.4 is 0 Å². The molecule has 2 atom stereocenters. The van der Waals surface area contributed by atoms with Crippen LogP contribution in [0.5, 0.6) is 0 Å². The van der Waals surface area contributed by atoms with Crippen LogP contribution >= 0.6 is 15.9 Å². The Balaban J connectivity index is 2.01. The van der Waals surface area contributed by atoms with E-state index in [1.54, 1.807) is 17.1 Å². The lowest BCUT2D eigenvalue weighted by Crippen LogP contribution is -2.45. The van der Waals surface area contributed by atoms with E-state index >= 15 is 0 Å². The Morgan fingerprint density at radius 1 is 1.38 bits per heavy atom. The highest BCUT2D eigenvalue weighted by Gasteiger charge is 2.31. The van der Waals surface area contributed by atoms with Gasteiger partial charge in [0, 0.05) is 23.1 Å². The predicted molar refractivity (Wildman–Crippen MR) is 84.7 cm³/mol. The van der Waals surface area contributed by atoms with Gasteiger partial charge in [0.2, 0.25) is 5.91 Å². The molecule has 1 aromatic carbocycles. The normalized spacial score (nSPS) is 22.5. The molecule has 112 valence electrons. The fourth-order valence-electron chi connectivity index (χ4n) is 2.59. The molecule has 0 aromatic heterocycles. The molecule has 0 saturated carbocycles. The molecule has 1 heterocycles. The van der Waals surface area contributed by atoms with Crippen molar-refractivity contribution in [3.8, 4) is 0 Å². The molecule has 0 radical (unpaired) electrons. The van der Waals surface area contributed by atoms with E-state index in [4.69, 9.17) is 5.11 Å². The van der Waals surface area contributed by atoms with E-state index in [1.165, 1.54) is 0 Å². The van der Waals surface area contributed by atoms with E-state index < -0.39 is 5.97 Å². The van der Waals surface area contributed by atoms with Crippen molar-refractivity contribution in [1.29, 1.82) is 0 Å². The first kappa shape index (κ1) is 15.8. The van der Waals surface area contributed by atoms with E-state index in [0.717, 1.165) is 10.0 Å². The van der Waals surface area contributed by atoms with Crippen molar-refractivity contribution in [3.05, 3.63) is 40.4 Å². The highest BCUT2D eigenvalue weighted by Crippen LogP contribution is 2.24. The Bertz CT molecular complexity index is 570. The molecule has 0 spiro atoms. The number of hydrogen-bond donors (Lipinski definition) is 1. The predicted octanol–water partition coefficient (Wildman–Crippen LogP) is 3.17. The van der Waals surface area contributed by atoms with E-state index in [1.807, 2.05) is 31.2 Å². The van der Waals surface area contributed by atoms with Gasteiger partial charge < -0.3 is 10.0 Å². The number of carbonyl (C=O) groups excluding carboxylic acids is 1. The highest BCUT2D eigenvalue weighted by molar-refractivity contribution is 9.10. The first-order valence-electron chi connectivity index (χ1n) is 6.95. The minimum atomic E-state index is -0.766. The second-order valence-electron chi connectivity index (χ2n) is 5.30. The summed E-state index contributed by atoms with van der Waals surface area (Å²) in [5.74, 6) is -1.17. The van der Waals surface area contributed by atoms with Gasteiger partial charge in [-0.15, -0.1) is 0 Å². The smallest absolute Gasteiger partial charge is 0.306 e. The lowest BCUT2D eigenvalue weighted by molar-refractivity contribution is -0.146. The van der Waals surface area contributed by atoms with E-state index in [-0.39, 0.29) is 17.9 Å². The van der Waals surface area contributed by atoms with Crippen LogP contribution in [0, 0.1) is 5.92 Å². The molecular formula is C16H18BrNO3. The zero-order valence-electron chi connectivity index (χ0n) is 11.8. The number of hydrogen-bond acceptors (Lipinski definition) is 2. The Morgan fingerprint density at radius 2 is 2.10 bits per heavy atom. The van der Waals surface area contributed by atoms with E-state index in [9.17, 15) is 9.59 Å². The number of aliphatic carboxylic acids is 1. The van der Waals surface area contributed by atoms with Crippen LogP contribution in [0.15, 0.2) is 34.8 Å². The number of piperidine rings is 1. The molecule has 2 unspecified atom stereocenters. The van der Waals surface area contributed by atoms with Crippen LogP contribution in [0.3, 0.4) is 0 Å². The maximum absolute atomic E-state index is 12.2. The number of carboxylic acids is 1. The quantitative estimate of drug-likeness (QED) is 0.850. The fourth-order valence-corrected chi connectivity index (χ4v) is 3.01. The summed E-state index contributed by atoms with van der Waals surface area (Å²) >= 11 is 3.44. The van der Waals surface area contributed by atoms with Gasteiger partial charge in [0.05, 0.1) is 5.92 Å². The van der Waals surface area contributed by atoms with Gasteiger partial charge in [0.1, 0.15) is 0 Å². The number of benzene rings is 1. The van der Waals surface area contributed by atoms with Gasteiger partial charge in [-0.2, -0.15) is 0 Å². The van der Waals surface area contributed by atoms with Crippen molar-refractivity contribution < 1.29 is 14.7 Å². The molecular weight excluding hydrogens is 334 g/mol. The van der Waals surface area contributed by atoms with E-state index in [2.05, 4.69) is 15.9 Å². The number of rotatable bonds is 3. The Morgan fingerprint density at radius 3 is 2.71 bits per heavy atom. The van der Waals surface area contributed by atoms with Gasteiger partial charge in [-0.1, -0.05) is 34.1 Å². The molecule has 0 aliphatic carbocycles. The molecule has 1 aliphatic rings. The summed E-state index contributed by atoms with van der Waals surface area (Å²) in [5, 5.41) is 9.04. The molecule has 1 aromatic rings. The molecule has 0 bridgehead atoms. The fraction of sp³-hybridized carbons (Fsp3) is 0.375. The van der Waals surface area contributed by atoms with Crippen molar-refractivity contribution in [3.63, 3.8) is 0 Å². The van der Waals surface area contributed by atoms with Gasteiger partial charge in [-0.25, -0.2) is 0 Å². The Hall–Kier alpha value is -1.62.